The highest BCUT2D eigenvalue weighted by atomic mass is 16.3. The highest BCUT2D eigenvalue weighted by Gasteiger charge is 2.32. The highest BCUT2D eigenvalue weighted by Crippen LogP contribution is 2.26. The van der Waals surface area contributed by atoms with Crippen LogP contribution in [-0.2, 0) is 0 Å². The van der Waals surface area contributed by atoms with Crippen LogP contribution in [0, 0.1) is 5.92 Å². The van der Waals surface area contributed by atoms with Gasteiger partial charge in [0.05, 0.1) is 12.1 Å². The summed E-state index contributed by atoms with van der Waals surface area (Å²) in [6.07, 6.45) is 4.07. The van der Waals surface area contributed by atoms with E-state index in [0.717, 1.165) is 25.8 Å². The molecule has 3 atom stereocenters. The van der Waals surface area contributed by atoms with Gasteiger partial charge in [-0.2, -0.15) is 5.10 Å². The molecule has 1 aliphatic carbocycles. The lowest BCUT2D eigenvalue weighted by Crippen LogP contribution is -2.42. The molecule has 4 heteroatoms. The van der Waals surface area contributed by atoms with Gasteiger partial charge in [-0.05, 0) is 12.8 Å². The number of hydrogen-bond acceptors (Lipinski definition) is 4. The van der Waals surface area contributed by atoms with E-state index in [-0.39, 0.29) is 12.1 Å². The van der Waals surface area contributed by atoms with Crippen molar-refractivity contribution >= 4 is 5.84 Å². The summed E-state index contributed by atoms with van der Waals surface area (Å²) >= 11 is 0. The monoisotopic (exact) mass is 197 g/mol. The van der Waals surface area contributed by atoms with Gasteiger partial charge in [0.15, 0.2) is 0 Å². The number of hydrazone groups is 1. The van der Waals surface area contributed by atoms with Crippen molar-refractivity contribution in [3.8, 4) is 0 Å². The number of aliphatic hydroxyl groups is 1. The molecule has 0 amide bonds. The van der Waals surface area contributed by atoms with Crippen LogP contribution < -0.4 is 5.73 Å². The van der Waals surface area contributed by atoms with Gasteiger partial charge in [-0.25, -0.2) is 0 Å². The molecule has 1 heterocycles. The molecule has 14 heavy (non-hydrogen) atoms. The second-order valence-electron chi connectivity index (χ2n) is 4.47. The van der Waals surface area contributed by atoms with Crippen LogP contribution in [0.4, 0.5) is 0 Å². The maximum Gasteiger partial charge on any atom is 0.124 e. The molecule has 1 fully saturated rings. The van der Waals surface area contributed by atoms with Crippen LogP contribution >= 0.6 is 0 Å². The van der Waals surface area contributed by atoms with Crippen LogP contribution in [-0.4, -0.2) is 34.6 Å². The molecule has 2 aliphatic rings. The normalized spacial score (nSPS) is 38.6. The second kappa shape index (κ2) is 3.77. The van der Waals surface area contributed by atoms with E-state index in [1.165, 1.54) is 6.42 Å². The van der Waals surface area contributed by atoms with Crippen molar-refractivity contribution in [1.82, 2.24) is 5.01 Å². The van der Waals surface area contributed by atoms with Crippen molar-refractivity contribution in [2.24, 2.45) is 16.8 Å². The van der Waals surface area contributed by atoms with Crippen molar-refractivity contribution in [1.29, 1.82) is 0 Å². The van der Waals surface area contributed by atoms with Crippen LogP contribution in [0.25, 0.3) is 0 Å². The van der Waals surface area contributed by atoms with Gasteiger partial charge in [0.2, 0.25) is 0 Å². The van der Waals surface area contributed by atoms with E-state index in [1.807, 2.05) is 5.01 Å². The molecule has 80 valence electrons. The van der Waals surface area contributed by atoms with Crippen LogP contribution in [0.5, 0.6) is 0 Å². The van der Waals surface area contributed by atoms with Gasteiger partial charge in [0.25, 0.3) is 0 Å². The first kappa shape index (κ1) is 9.77. The molecular formula is C10H19N3O. The number of nitrogens with zero attached hydrogens (tertiary/aromatic N) is 2. The first-order valence-electron chi connectivity index (χ1n) is 5.47. The lowest BCUT2D eigenvalue weighted by atomic mass is 9.92. The molecule has 0 saturated heterocycles. The third-order valence-electron chi connectivity index (χ3n) is 3.29. The summed E-state index contributed by atoms with van der Waals surface area (Å²) in [5.74, 6) is 1.05. The average molecular weight is 197 g/mol. The van der Waals surface area contributed by atoms with E-state index in [9.17, 15) is 5.11 Å². The molecule has 2 rings (SSSR count). The Bertz CT molecular complexity index is 242. The van der Waals surface area contributed by atoms with Crippen LogP contribution in [0.3, 0.4) is 0 Å². The van der Waals surface area contributed by atoms with Crippen molar-refractivity contribution in [2.45, 2.75) is 44.8 Å². The van der Waals surface area contributed by atoms with Gasteiger partial charge in [-0.3, -0.25) is 5.01 Å². The minimum absolute atomic E-state index is 0.201. The Hall–Kier alpha value is -0.770. The maximum absolute atomic E-state index is 9.85. The third-order valence-corrected chi connectivity index (χ3v) is 3.29. The molecule has 4 nitrogen and oxygen atoms in total. The van der Waals surface area contributed by atoms with E-state index in [1.54, 1.807) is 0 Å². The average Bonchev–Trinajstić information content (AvgIpc) is 2.48. The largest absolute Gasteiger partial charge is 0.391 e. The Morgan fingerprint density at radius 1 is 1.43 bits per heavy atom. The molecule has 0 aromatic carbocycles. The summed E-state index contributed by atoms with van der Waals surface area (Å²) in [5, 5.41) is 16.2. The van der Waals surface area contributed by atoms with Crippen molar-refractivity contribution in [3.05, 3.63) is 0 Å². The maximum atomic E-state index is 9.85. The Morgan fingerprint density at radius 3 is 2.71 bits per heavy atom. The van der Waals surface area contributed by atoms with Gasteiger partial charge >= 0.3 is 0 Å². The fourth-order valence-corrected chi connectivity index (χ4v) is 2.31. The standard InChI is InChI=1S/C10H19N3O/c1-7-6-13(12-10(7)11)8-4-2-3-5-9(8)14/h7-9,14H,2-6H2,1H3,(H2,11,12). The fraction of sp³-hybridized carbons (Fsp3) is 0.900. The zero-order valence-electron chi connectivity index (χ0n) is 8.69. The quantitative estimate of drug-likeness (QED) is 0.644. The number of nitrogens with two attached hydrogens (primary N) is 1. The van der Waals surface area contributed by atoms with Gasteiger partial charge in [-0.1, -0.05) is 19.8 Å². The summed E-state index contributed by atoms with van der Waals surface area (Å²) in [6, 6.07) is 0.201. The zero-order valence-corrected chi connectivity index (χ0v) is 8.69. The summed E-state index contributed by atoms with van der Waals surface area (Å²) in [5.41, 5.74) is 5.75. The molecular weight excluding hydrogens is 178 g/mol. The van der Waals surface area contributed by atoms with E-state index in [4.69, 9.17) is 5.73 Å². The fourth-order valence-electron chi connectivity index (χ4n) is 2.31. The molecule has 0 aromatic heterocycles. The molecule has 0 bridgehead atoms. The summed E-state index contributed by atoms with van der Waals surface area (Å²) in [6.45, 7) is 2.95. The van der Waals surface area contributed by atoms with Gasteiger partial charge in [0, 0.05) is 12.5 Å². The first-order chi connectivity index (χ1) is 6.68. The summed E-state index contributed by atoms with van der Waals surface area (Å²) < 4.78 is 0. The predicted octanol–water partition coefficient (Wildman–Crippen LogP) is 0.514. The number of aliphatic hydroxyl groups excluding tert-OH is 1. The van der Waals surface area contributed by atoms with E-state index in [2.05, 4.69) is 12.0 Å². The first-order valence-corrected chi connectivity index (χ1v) is 5.47. The third kappa shape index (κ3) is 1.71. The van der Waals surface area contributed by atoms with Gasteiger partial charge < -0.3 is 10.8 Å². The number of hydrogen-bond donors (Lipinski definition) is 2. The van der Waals surface area contributed by atoms with Crippen molar-refractivity contribution in [3.63, 3.8) is 0 Å². The Morgan fingerprint density at radius 2 is 2.14 bits per heavy atom. The minimum atomic E-state index is -0.217. The van der Waals surface area contributed by atoms with Crippen LogP contribution in [0.1, 0.15) is 32.6 Å². The molecule has 0 radical (unpaired) electrons. The Labute approximate surface area is 84.8 Å². The van der Waals surface area contributed by atoms with Crippen LogP contribution in [0.2, 0.25) is 0 Å². The molecule has 3 N–H and O–H groups in total. The van der Waals surface area contributed by atoms with Gasteiger partial charge in [-0.15, -0.1) is 0 Å². The second-order valence-corrected chi connectivity index (χ2v) is 4.47. The van der Waals surface area contributed by atoms with E-state index >= 15 is 0 Å². The molecule has 3 unspecified atom stereocenters. The summed E-state index contributed by atoms with van der Waals surface area (Å²) in [7, 11) is 0. The molecule has 0 aromatic rings. The Kier molecular flexibility index (Phi) is 2.63. The molecule has 1 saturated carbocycles. The van der Waals surface area contributed by atoms with Crippen molar-refractivity contribution < 1.29 is 5.11 Å². The number of rotatable bonds is 1. The SMILES string of the molecule is CC1CN(C2CCCCC2O)N=C1N. The van der Waals surface area contributed by atoms with Crippen LogP contribution in [0.15, 0.2) is 5.10 Å². The summed E-state index contributed by atoms with van der Waals surface area (Å²) in [4.78, 5) is 0. The lowest BCUT2D eigenvalue weighted by Gasteiger charge is -2.33. The number of amidine groups is 1. The lowest BCUT2D eigenvalue weighted by molar-refractivity contribution is 0.0238. The predicted molar refractivity (Wildman–Crippen MR) is 55.8 cm³/mol. The molecule has 1 aliphatic heterocycles. The Balaban J connectivity index is 2.01. The van der Waals surface area contributed by atoms with E-state index in [0.29, 0.717) is 11.8 Å². The molecule has 0 spiro atoms. The van der Waals surface area contributed by atoms with Crippen molar-refractivity contribution in [2.75, 3.05) is 6.54 Å². The highest BCUT2D eigenvalue weighted by molar-refractivity contribution is 5.83. The smallest absolute Gasteiger partial charge is 0.124 e. The van der Waals surface area contributed by atoms with E-state index < -0.39 is 0 Å². The minimum Gasteiger partial charge on any atom is -0.391 e. The van der Waals surface area contributed by atoms with Gasteiger partial charge in [0.1, 0.15) is 5.84 Å². The topological polar surface area (TPSA) is 61.8 Å². The zero-order chi connectivity index (χ0) is 10.1.